The first kappa shape index (κ1) is 13.3. The number of nitrogens with one attached hydrogen (secondary N) is 1. The van der Waals surface area contributed by atoms with Crippen LogP contribution >= 0.6 is 11.6 Å². The maximum atomic E-state index is 6.05. The second-order valence-corrected chi connectivity index (χ2v) is 5.39. The van der Waals surface area contributed by atoms with Gasteiger partial charge in [-0.3, -0.25) is 0 Å². The van der Waals surface area contributed by atoms with Gasteiger partial charge in [0.05, 0.1) is 12.3 Å². The third-order valence-electron chi connectivity index (χ3n) is 3.51. The van der Waals surface area contributed by atoms with Crippen molar-refractivity contribution in [2.45, 2.75) is 25.8 Å². The molecule has 0 amide bonds. The van der Waals surface area contributed by atoms with Gasteiger partial charge in [0.1, 0.15) is 0 Å². The first-order chi connectivity index (χ1) is 9.76. The maximum absolute atomic E-state index is 6.05. The van der Waals surface area contributed by atoms with Crippen LogP contribution in [0.15, 0.2) is 36.5 Å². The highest BCUT2D eigenvalue weighted by Crippen LogP contribution is 2.29. The fourth-order valence-corrected chi connectivity index (χ4v) is 2.86. The number of benzene rings is 1. The molecule has 4 heteroatoms. The molecule has 1 N–H and O–H groups in total. The van der Waals surface area contributed by atoms with Gasteiger partial charge in [0.25, 0.3) is 0 Å². The Hall–Kier alpha value is -1.74. The van der Waals surface area contributed by atoms with Crippen molar-refractivity contribution in [1.29, 1.82) is 0 Å². The lowest BCUT2D eigenvalue weighted by Crippen LogP contribution is -2.20. The number of nitrogens with zero attached hydrogens (tertiary/aromatic N) is 1. The Labute approximate surface area is 123 Å². The SMILES string of the molecule is CCOc1ncccc1NC1Cc2ccc(Cl)cc2C1. The summed E-state index contributed by atoms with van der Waals surface area (Å²) in [5.41, 5.74) is 3.66. The van der Waals surface area contributed by atoms with Gasteiger partial charge in [-0.15, -0.1) is 0 Å². The molecule has 2 aromatic rings. The van der Waals surface area contributed by atoms with E-state index in [0.29, 0.717) is 18.5 Å². The summed E-state index contributed by atoms with van der Waals surface area (Å²) in [6.07, 6.45) is 3.74. The van der Waals surface area contributed by atoms with Crippen LogP contribution in [0.5, 0.6) is 5.88 Å². The highest BCUT2D eigenvalue weighted by Gasteiger charge is 2.22. The first-order valence-electron chi connectivity index (χ1n) is 6.88. The molecule has 1 aromatic heterocycles. The molecule has 1 unspecified atom stereocenters. The maximum Gasteiger partial charge on any atom is 0.237 e. The largest absolute Gasteiger partial charge is 0.476 e. The van der Waals surface area contributed by atoms with E-state index in [1.54, 1.807) is 6.20 Å². The van der Waals surface area contributed by atoms with Crippen molar-refractivity contribution >= 4 is 17.3 Å². The van der Waals surface area contributed by atoms with E-state index in [-0.39, 0.29) is 0 Å². The number of rotatable bonds is 4. The highest BCUT2D eigenvalue weighted by molar-refractivity contribution is 6.30. The molecule has 1 aromatic carbocycles. The van der Waals surface area contributed by atoms with Crippen molar-refractivity contribution < 1.29 is 4.74 Å². The van der Waals surface area contributed by atoms with E-state index in [0.717, 1.165) is 23.6 Å². The van der Waals surface area contributed by atoms with Gasteiger partial charge in [-0.05, 0) is 55.2 Å². The zero-order valence-corrected chi connectivity index (χ0v) is 12.2. The summed E-state index contributed by atoms with van der Waals surface area (Å²) in [6.45, 7) is 2.58. The van der Waals surface area contributed by atoms with Crippen molar-refractivity contribution in [3.8, 4) is 5.88 Å². The second kappa shape index (κ2) is 5.71. The Morgan fingerprint density at radius 2 is 2.15 bits per heavy atom. The predicted molar refractivity (Wildman–Crippen MR) is 81.7 cm³/mol. The van der Waals surface area contributed by atoms with Crippen molar-refractivity contribution in [3.05, 3.63) is 52.7 Å². The minimum atomic E-state index is 0.367. The number of anilines is 1. The minimum absolute atomic E-state index is 0.367. The van der Waals surface area contributed by atoms with Gasteiger partial charge >= 0.3 is 0 Å². The van der Waals surface area contributed by atoms with E-state index in [9.17, 15) is 0 Å². The van der Waals surface area contributed by atoms with Crippen molar-refractivity contribution in [2.75, 3.05) is 11.9 Å². The summed E-state index contributed by atoms with van der Waals surface area (Å²) in [6, 6.07) is 10.4. The van der Waals surface area contributed by atoms with Gasteiger partial charge in [-0.1, -0.05) is 17.7 Å². The number of hydrogen-bond acceptors (Lipinski definition) is 3. The van der Waals surface area contributed by atoms with Gasteiger partial charge in [0.15, 0.2) is 0 Å². The Bertz CT molecular complexity index is 615. The van der Waals surface area contributed by atoms with E-state index in [1.165, 1.54) is 11.1 Å². The standard InChI is InChI=1S/C16H17ClN2O/c1-2-20-16-15(4-3-7-18-16)19-14-9-11-5-6-13(17)8-12(11)10-14/h3-8,14,19H,2,9-10H2,1H3. The molecule has 0 saturated carbocycles. The number of aromatic nitrogens is 1. The van der Waals surface area contributed by atoms with E-state index < -0.39 is 0 Å². The summed E-state index contributed by atoms with van der Waals surface area (Å²) in [5.74, 6) is 0.670. The molecule has 1 heterocycles. The number of pyridine rings is 1. The molecule has 0 aliphatic heterocycles. The van der Waals surface area contributed by atoms with Crippen molar-refractivity contribution in [1.82, 2.24) is 4.98 Å². The van der Waals surface area contributed by atoms with Crippen molar-refractivity contribution in [3.63, 3.8) is 0 Å². The Kier molecular flexibility index (Phi) is 3.79. The number of halogens is 1. The molecule has 20 heavy (non-hydrogen) atoms. The molecular formula is C16H17ClN2O. The quantitative estimate of drug-likeness (QED) is 0.931. The average molecular weight is 289 g/mol. The first-order valence-corrected chi connectivity index (χ1v) is 7.25. The summed E-state index contributed by atoms with van der Waals surface area (Å²) in [4.78, 5) is 4.27. The molecule has 1 aliphatic rings. The Morgan fingerprint density at radius 3 is 3.00 bits per heavy atom. The molecular weight excluding hydrogens is 272 g/mol. The highest BCUT2D eigenvalue weighted by atomic mass is 35.5. The fourth-order valence-electron chi connectivity index (χ4n) is 2.66. The van der Waals surface area contributed by atoms with Gasteiger partial charge in [0.2, 0.25) is 5.88 Å². The molecule has 0 fully saturated rings. The van der Waals surface area contributed by atoms with Crippen LogP contribution in [0.25, 0.3) is 0 Å². The molecule has 1 atom stereocenters. The van der Waals surface area contributed by atoms with Crippen LogP contribution in [0.2, 0.25) is 5.02 Å². The number of ether oxygens (including phenoxy) is 1. The molecule has 0 bridgehead atoms. The third-order valence-corrected chi connectivity index (χ3v) is 3.75. The monoisotopic (exact) mass is 288 g/mol. The number of fused-ring (bicyclic) bond motifs is 1. The topological polar surface area (TPSA) is 34.1 Å². The molecule has 0 radical (unpaired) electrons. The van der Waals surface area contributed by atoms with Gasteiger partial charge in [-0.25, -0.2) is 4.98 Å². The molecule has 104 valence electrons. The van der Waals surface area contributed by atoms with Crippen LogP contribution < -0.4 is 10.1 Å². The lowest BCUT2D eigenvalue weighted by Gasteiger charge is -2.16. The summed E-state index contributed by atoms with van der Waals surface area (Å²) in [5, 5.41) is 4.34. The third kappa shape index (κ3) is 2.73. The Morgan fingerprint density at radius 1 is 1.30 bits per heavy atom. The normalized spacial score (nSPS) is 16.8. The Balaban J connectivity index is 1.75. The summed E-state index contributed by atoms with van der Waals surface area (Å²) < 4.78 is 5.55. The lowest BCUT2D eigenvalue weighted by molar-refractivity contribution is 0.328. The zero-order chi connectivity index (χ0) is 13.9. The second-order valence-electron chi connectivity index (χ2n) is 4.95. The van der Waals surface area contributed by atoms with E-state index in [1.807, 2.05) is 25.1 Å². The number of hydrogen-bond donors (Lipinski definition) is 1. The lowest BCUT2D eigenvalue weighted by atomic mass is 10.1. The molecule has 3 rings (SSSR count). The van der Waals surface area contributed by atoms with Crippen LogP contribution in [0, 0.1) is 0 Å². The smallest absolute Gasteiger partial charge is 0.237 e. The molecule has 0 spiro atoms. The van der Waals surface area contributed by atoms with Crippen LogP contribution in [0.3, 0.4) is 0 Å². The van der Waals surface area contributed by atoms with E-state index in [4.69, 9.17) is 16.3 Å². The summed E-state index contributed by atoms with van der Waals surface area (Å²) in [7, 11) is 0. The van der Waals surface area contributed by atoms with E-state index in [2.05, 4.69) is 22.4 Å². The van der Waals surface area contributed by atoms with Crippen LogP contribution in [0.4, 0.5) is 5.69 Å². The fraction of sp³-hybridized carbons (Fsp3) is 0.312. The molecule has 1 aliphatic carbocycles. The average Bonchev–Trinajstić information content (AvgIpc) is 2.82. The van der Waals surface area contributed by atoms with Crippen LogP contribution in [0.1, 0.15) is 18.1 Å². The minimum Gasteiger partial charge on any atom is -0.476 e. The van der Waals surface area contributed by atoms with Gasteiger partial charge < -0.3 is 10.1 Å². The van der Waals surface area contributed by atoms with Crippen LogP contribution in [-0.4, -0.2) is 17.6 Å². The molecule has 3 nitrogen and oxygen atoms in total. The van der Waals surface area contributed by atoms with E-state index >= 15 is 0 Å². The predicted octanol–water partition coefficient (Wildman–Crippen LogP) is 3.71. The summed E-state index contributed by atoms with van der Waals surface area (Å²) >= 11 is 6.05. The molecule has 0 saturated heterocycles. The van der Waals surface area contributed by atoms with Crippen LogP contribution in [-0.2, 0) is 12.8 Å². The van der Waals surface area contributed by atoms with Crippen molar-refractivity contribution in [2.24, 2.45) is 0 Å². The van der Waals surface area contributed by atoms with Gasteiger partial charge in [-0.2, -0.15) is 0 Å². The van der Waals surface area contributed by atoms with Gasteiger partial charge in [0, 0.05) is 17.3 Å². The zero-order valence-electron chi connectivity index (χ0n) is 11.4.